The topological polar surface area (TPSA) is 97.8 Å². The monoisotopic (exact) mass is 413 g/mol. The molecule has 0 atom stereocenters. The first-order valence-electron chi connectivity index (χ1n) is 8.94. The summed E-state index contributed by atoms with van der Waals surface area (Å²) in [5.41, 5.74) is 0.501. The number of aromatic nitrogens is 1. The summed E-state index contributed by atoms with van der Waals surface area (Å²) in [7, 11) is -2.49. The summed E-state index contributed by atoms with van der Waals surface area (Å²) < 4.78 is 38.0. The molecule has 0 spiro atoms. The molecule has 1 aliphatic heterocycles. The molecule has 0 saturated carbocycles. The molecule has 8 nitrogen and oxygen atoms in total. The number of nitrogens with one attached hydrogen (secondary N) is 1. The molecule has 4 rings (SSSR count). The number of amides is 1. The Morgan fingerprint density at radius 1 is 1.14 bits per heavy atom. The van der Waals surface area contributed by atoms with Crippen molar-refractivity contribution < 1.29 is 22.7 Å². The third-order valence-corrected chi connectivity index (χ3v) is 6.38. The third kappa shape index (κ3) is 3.87. The van der Waals surface area contributed by atoms with E-state index in [1.54, 1.807) is 42.6 Å². The molecular formula is C20H19N3O5S. The predicted octanol–water partition coefficient (Wildman–Crippen LogP) is 2.27. The smallest absolute Gasteiger partial charge is 0.243 e. The molecule has 0 bridgehead atoms. The number of carbonyl (C=O) groups is 1. The Labute approximate surface area is 168 Å². The van der Waals surface area contributed by atoms with E-state index in [2.05, 4.69) is 10.3 Å². The summed E-state index contributed by atoms with van der Waals surface area (Å²) in [5.74, 6) is 0.688. The molecule has 0 radical (unpaired) electrons. The van der Waals surface area contributed by atoms with Crippen molar-refractivity contribution in [2.75, 3.05) is 32.1 Å². The minimum atomic E-state index is -3.87. The van der Waals surface area contributed by atoms with E-state index in [1.807, 2.05) is 0 Å². The molecule has 1 N–H and O–H groups in total. The van der Waals surface area contributed by atoms with E-state index in [-0.39, 0.29) is 11.4 Å². The van der Waals surface area contributed by atoms with Crippen molar-refractivity contribution in [2.24, 2.45) is 0 Å². The van der Waals surface area contributed by atoms with Gasteiger partial charge in [0, 0.05) is 42.0 Å². The zero-order valence-corrected chi connectivity index (χ0v) is 16.5. The van der Waals surface area contributed by atoms with Crippen LogP contribution in [0.2, 0.25) is 0 Å². The van der Waals surface area contributed by atoms with Gasteiger partial charge in [0.25, 0.3) is 0 Å². The number of hydrogen-bond donors (Lipinski definition) is 1. The van der Waals surface area contributed by atoms with Crippen LogP contribution in [0.15, 0.2) is 59.8 Å². The van der Waals surface area contributed by atoms with Crippen LogP contribution in [0.1, 0.15) is 0 Å². The normalized spacial score (nSPS) is 13.4. The number of sulfonamides is 1. The summed E-state index contributed by atoms with van der Waals surface area (Å²) >= 11 is 0. The van der Waals surface area contributed by atoms with Gasteiger partial charge in [-0.3, -0.25) is 9.78 Å². The van der Waals surface area contributed by atoms with Crippen molar-refractivity contribution in [1.29, 1.82) is 0 Å². The Bertz CT molecular complexity index is 1170. The largest absolute Gasteiger partial charge is 0.486 e. The van der Waals surface area contributed by atoms with E-state index in [9.17, 15) is 13.2 Å². The highest BCUT2D eigenvalue weighted by Gasteiger charge is 2.25. The minimum absolute atomic E-state index is 0.132. The maximum Gasteiger partial charge on any atom is 0.243 e. The van der Waals surface area contributed by atoms with Crippen LogP contribution in [-0.2, 0) is 14.8 Å². The Morgan fingerprint density at radius 2 is 1.93 bits per heavy atom. The molecule has 1 aromatic heterocycles. The predicted molar refractivity (Wildman–Crippen MR) is 108 cm³/mol. The van der Waals surface area contributed by atoms with Crippen LogP contribution >= 0.6 is 0 Å². The summed E-state index contributed by atoms with van der Waals surface area (Å²) in [4.78, 5) is 16.6. The molecule has 2 heterocycles. The Morgan fingerprint density at radius 3 is 2.76 bits per heavy atom. The van der Waals surface area contributed by atoms with Gasteiger partial charge in [-0.2, -0.15) is 4.31 Å². The average molecular weight is 413 g/mol. The maximum atomic E-state index is 13.0. The van der Waals surface area contributed by atoms with Crippen LogP contribution < -0.4 is 14.8 Å². The molecule has 1 amide bonds. The van der Waals surface area contributed by atoms with E-state index in [0.29, 0.717) is 41.2 Å². The first kappa shape index (κ1) is 19.2. The van der Waals surface area contributed by atoms with Crippen molar-refractivity contribution in [3.05, 3.63) is 54.9 Å². The molecule has 0 saturated heterocycles. The lowest BCUT2D eigenvalue weighted by molar-refractivity contribution is -0.116. The van der Waals surface area contributed by atoms with Crippen LogP contribution in [0.4, 0.5) is 5.69 Å². The van der Waals surface area contributed by atoms with Crippen molar-refractivity contribution in [3.8, 4) is 11.5 Å². The van der Waals surface area contributed by atoms with Gasteiger partial charge in [0.2, 0.25) is 15.9 Å². The number of fused-ring (bicyclic) bond motifs is 2. The van der Waals surface area contributed by atoms with Gasteiger partial charge in [-0.25, -0.2) is 8.42 Å². The van der Waals surface area contributed by atoms with E-state index in [4.69, 9.17) is 9.47 Å². The average Bonchev–Trinajstić information content (AvgIpc) is 2.73. The number of hydrogen-bond acceptors (Lipinski definition) is 6. The van der Waals surface area contributed by atoms with Gasteiger partial charge in [0.05, 0.1) is 11.4 Å². The molecule has 0 fully saturated rings. The molecular weight excluding hydrogens is 394 g/mol. The third-order valence-electron chi connectivity index (χ3n) is 4.52. The molecule has 3 aromatic rings. The molecule has 2 aromatic carbocycles. The highest BCUT2D eigenvalue weighted by molar-refractivity contribution is 7.89. The van der Waals surface area contributed by atoms with Crippen LogP contribution in [-0.4, -0.2) is 50.4 Å². The standard InChI is InChI=1S/C20H19N3O5S/c1-23(29(25,26)19-4-2-3-14-12-21-8-7-16(14)19)13-20(24)22-15-5-6-17-18(11-15)28-10-9-27-17/h2-8,11-12H,9-10,13H2,1H3,(H,22,24). The Balaban J connectivity index is 1.51. The van der Waals surface area contributed by atoms with Crippen molar-refractivity contribution in [2.45, 2.75) is 4.90 Å². The summed E-state index contributed by atoms with van der Waals surface area (Å²) in [6.45, 7) is 0.579. The fourth-order valence-electron chi connectivity index (χ4n) is 3.09. The SMILES string of the molecule is CN(CC(=O)Nc1ccc2c(c1)OCCO2)S(=O)(=O)c1cccc2cnccc12. The van der Waals surface area contributed by atoms with Crippen LogP contribution in [0, 0.1) is 0 Å². The maximum absolute atomic E-state index is 13.0. The second kappa shape index (κ2) is 7.69. The van der Waals surface area contributed by atoms with E-state index >= 15 is 0 Å². The molecule has 0 unspecified atom stereocenters. The highest BCUT2D eigenvalue weighted by atomic mass is 32.2. The quantitative estimate of drug-likeness (QED) is 0.689. The fraction of sp³-hybridized carbons (Fsp3) is 0.200. The molecule has 150 valence electrons. The van der Waals surface area contributed by atoms with Crippen molar-refractivity contribution >= 4 is 32.4 Å². The molecule has 1 aliphatic rings. The Kier molecular flexibility index (Phi) is 5.08. The lowest BCUT2D eigenvalue weighted by Gasteiger charge is -2.20. The van der Waals surface area contributed by atoms with Gasteiger partial charge in [-0.15, -0.1) is 0 Å². The zero-order chi connectivity index (χ0) is 20.4. The zero-order valence-electron chi connectivity index (χ0n) is 15.7. The van der Waals surface area contributed by atoms with E-state index in [0.717, 1.165) is 4.31 Å². The molecule has 0 aliphatic carbocycles. The van der Waals surface area contributed by atoms with Crippen molar-refractivity contribution in [1.82, 2.24) is 9.29 Å². The van der Waals surface area contributed by atoms with Gasteiger partial charge >= 0.3 is 0 Å². The number of ether oxygens (including phenoxy) is 2. The van der Waals surface area contributed by atoms with Crippen LogP contribution in [0.3, 0.4) is 0 Å². The number of anilines is 1. The fourth-order valence-corrected chi connectivity index (χ4v) is 4.43. The van der Waals surface area contributed by atoms with E-state index in [1.165, 1.54) is 19.3 Å². The Hall–Kier alpha value is -3.17. The summed E-state index contributed by atoms with van der Waals surface area (Å²) in [6, 6.07) is 11.6. The highest BCUT2D eigenvalue weighted by Crippen LogP contribution is 2.32. The van der Waals surface area contributed by atoms with Gasteiger partial charge in [-0.1, -0.05) is 12.1 Å². The van der Waals surface area contributed by atoms with Gasteiger partial charge in [0.1, 0.15) is 13.2 Å². The lowest BCUT2D eigenvalue weighted by Crippen LogP contribution is -2.35. The second-order valence-corrected chi connectivity index (χ2v) is 8.53. The minimum Gasteiger partial charge on any atom is -0.486 e. The summed E-state index contributed by atoms with van der Waals surface area (Å²) in [6.07, 6.45) is 3.14. The molecule has 29 heavy (non-hydrogen) atoms. The van der Waals surface area contributed by atoms with Crippen molar-refractivity contribution in [3.63, 3.8) is 0 Å². The number of rotatable bonds is 5. The van der Waals surface area contributed by atoms with Crippen LogP contribution in [0.5, 0.6) is 11.5 Å². The summed E-state index contributed by atoms with van der Waals surface area (Å²) in [5, 5.41) is 3.96. The number of carbonyl (C=O) groups excluding carboxylic acids is 1. The second-order valence-electron chi connectivity index (χ2n) is 6.52. The number of nitrogens with zero attached hydrogens (tertiary/aromatic N) is 2. The van der Waals surface area contributed by atoms with Crippen LogP contribution in [0.25, 0.3) is 10.8 Å². The van der Waals surface area contributed by atoms with E-state index < -0.39 is 15.9 Å². The lowest BCUT2D eigenvalue weighted by atomic mass is 10.2. The first-order valence-corrected chi connectivity index (χ1v) is 10.4. The molecule has 9 heteroatoms. The first-order chi connectivity index (χ1) is 13.9. The van der Waals surface area contributed by atoms with Gasteiger partial charge < -0.3 is 14.8 Å². The number of likely N-dealkylation sites (N-methyl/N-ethyl adjacent to an activating group) is 1. The number of pyridine rings is 1. The number of benzene rings is 2. The van der Waals surface area contributed by atoms with Gasteiger partial charge in [0.15, 0.2) is 11.5 Å². The van der Waals surface area contributed by atoms with Gasteiger partial charge in [-0.05, 0) is 24.3 Å².